The molecule has 128 valence electrons. The fourth-order valence-corrected chi connectivity index (χ4v) is 2.85. The van der Waals surface area contributed by atoms with E-state index in [9.17, 15) is 14.0 Å². The molecule has 0 bridgehead atoms. The SMILES string of the molecule is CC(=O)Nc1nc(CCc2ccc(CN(N)C(N)=O)cc2F)cs1. The van der Waals surface area contributed by atoms with Crippen molar-refractivity contribution in [3.8, 4) is 0 Å². The summed E-state index contributed by atoms with van der Waals surface area (Å²) < 4.78 is 14.1. The lowest BCUT2D eigenvalue weighted by molar-refractivity contribution is -0.114. The molecule has 0 aliphatic heterocycles. The number of hydrazine groups is 1. The second-order valence-electron chi connectivity index (χ2n) is 5.22. The van der Waals surface area contributed by atoms with Gasteiger partial charge < -0.3 is 11.1 Å². The summed E-state index contributed by atoms with van der Waals surface area (Å²) in [4.78, 5) is 26.1. The lowest BCUT2D eigenvalue weighted by atomic mass is 10.1. The van der Waals surface area contributed by atoms with Gasteiger partial charge in [0.15, 0.2) is 5.13 Å². The maximum atomic E-state index is 14.1. The van der Waals surface area contributed by atoms with Gasteiger partial charge in [-0.2, -0.15) is 0 Å². The Hall–Kier alpha value is -2.52. The van der Waals surface area contributed by atoms with E-state index in [0.717, 1.165) is 10.7 Å². The van der Waals surface area contributed by atoms with Crippen LogP contribution in [0.1, 0.15) is 23.7 Å². The molecule has 1 aromatic carbocycles. The number of rotatable bonds is 6. The van der Waals surface area contributed by atoms with Crippen LogP contribution in [0.5, 0.6) is 0 Å². The second kappa shape index (κ2) is 7.84. The number of aryl methyl sites for hydroxylation is 2. The molecule has 0 aliphatic rings. The first kappa shape index (κ1) is 17.8. The number of primary amides is 1. The summed E-state index contributed by atoms with van der Waals surface area (Å²) in [5, 5.41) is 5.78. The molecule has 0 radical (unpaired) electrons. The summed E-state index contributed by atoms with van der Waals surface area (Å²) in [6, 6.07) is 3.91. The Kier molecular flexibility index (Phi) is 5.83. The standard InChI is InChI=1S/C15H18FN5O2S/c1-9(22)19-15-20-12(8-24-15)5-4-11-3-2-10(6-13(11)16)7-21(18)14(17)23/h2-3,6,8H,4-5,7,18H2,1H3,(H2,17,23)(H,19,20,22). The fourth-order valence-electron chi connectivity index (χ4n) is 2.06. The number of anilines is 1. The fraction of sp³-hybridized carbons (Fsp3) is 0.267. The van der Waals surface area contributed by atoms with Crippen LogP contribution in [-0.2, 0) is 24.2 Å². The summed E-state index contributed by atoms with van der Waals surface area (Å²) in [6.07, 6.45) is 1.02. The monoisotopic (exact) mass is 351 g/mol. The van der Waals surface area contributed by atoms with E-state index in [0.29, 0.717) is 29.1 Å². The molecule has 2 aromatic rings. The lowest BCUT2D eigenvalue weighted by Gasteiger charge is -2.14. The van der Waals surface area contributed by atoms with Gasteiger partial charge in [-0.15, -0.1) is 11.3 Å². The summed E-state index contributed by atoms with van der Waals surface area (Å²) in [5.41, 5.74) is 6.91. The third kappa shape index (κ3) is 5.00. The summed E-state index contributed by atoms with van der Waals surface area (Å²) in [7, 11) is 0. The highest BCUT2D eigenvalue weighted by Gasteiger charge is 2.10. The minimum absolute atomic E-state index is 0.0404. The number of nitrogens with zero attached hydrogens (tertiary/aromatic N) is 2. The first-order valence-corrected chi connectivity index (χ1v) is 8.04. The number of carbonyl (C=O) groups is 2. The third-order valence-corrected chi connectivity index (χ3v) is 4.05. The number of halogens is 1. The van der Waals surface area contributed by atoms with E-state index < -0.39 is 6.03 Å². The molecule has 0 unspecified atom stereocenters. The van der Waals surface area contributed by atoms with Crippen molar-refractivity contribution in [3.63, 3.8) is 0 Å². The number of nitrogens with two attached hydrogens (primary N) is 2. The van der Waals surface area contributed by atoms with Crippen molar-refractivity contribution in [2.45, 2.75) is 26.3 Å². The van der Waals surface area contributed by atoms with Crippen LogP contribution in [0.3, 0.4) is 0 Å². The van der Waals surface area contributed by atoms with Gasteiger partial charge in [-0.05, 0) is 30.0 Å². The largest absolute Gasteiger partial charge is 0.350 e. The Morgan fingerprint density at radius 2 is 2.12 bits per heavy atom. The van der Waals surface area contributed by atoms with Crippen LogP contribution in [0.4, 0.5) is 14.3 Å². The van der Waals surface area contributed by atoms with Crippen LogP contribution in [-0.4, -0.2) is 21.9 Å². The van der Waals surface area contributed by atoms with Gasteiger partial charge in [-0.1, -0.05) is 12.1 Å². The molecule has 0 saturated heterocycles. The molecule has 1 aromatic heterocycles. The first-order valence-electron chi connectivity index (χ1n) is 7.16. The molecule has 7 nitrogen and oxygen atoms in total. The number of hydrogen-bond donors (Lipinski definition) is 3. The van der Waals surface area contributed by atoms with Crippen molar-refractivity contribution < 1.29 is 14.0 Å². The second-order valence-corrected chi connectivity index (χ2v) is 6.08. The van der Waals surface area contributed by atoms with Gasteiger partial charge in [0, 0.05) is 12.3 Å². The van der Waals surface area contributed by atoms with Gasteiger partial charge in [-0.25, -0.2) is 20.0 Å². The summed E-state index contributed by atoms with van der Waals surface area (Å²) >= 11 is 1.33. The van der Waals surface area contributed by atoms with Crippen molar-refractivity contribution in [2.24, 2.45) is 11.6 Å². The number of hydrogen-bond acceptors (Lipinski definition) is 5. The van der Waals surface area contributed by atoms with E-state index in [1.54, 1.807) is 12.1 Å². The number of urea groups is 1. The molecule has 5 N–H and O–H groups in total. The average molecular weight is 351 g/mol. The van der Waals surface area contributed by atoms with Gasteiger partial charge in [0.1, 0.15) is 5.82 Å². The van der Waals surface area contributed by atoms with Crippen LogP contribution >= 0.6 is 11.3 Å². The van der Waals surface area contributed by atoms with E-state index in [2.05, 4.69) is 10.3 Å². The first-order chi connectivity index (χ1) is 11.3. The predicted molar refractivity (Wildman–Crippen MR) is 89.5 cm³/mol. The normalized spacial score (nSPS) is 10.5. The highest BCUT2D eigenvalue weighted by molar-refractivity contribution is 7.13. The van der Waals surface area contributed by atoms with Crippen molar-refractivity contribution in [2.75, 3.05) is 5.32 Å². The number of aromatic nitrogens is 1. The third-order valence-electron chi connectivity index (χ3n) is 3.24. The van der Waals surface area contributed by atoms with E-state index >= 15 is 0 Å². The average Bonchev–Trinajstić information content (AvgIpc) is 2.93. The zero-order chi connectivity index (χ0) is 17.7. The highest BCUT2D eigenvalue weighted by atomic mass is 32.1. The minimum Gasteiger partial charge on any atom is -0.350 e. The van der Waals surface area contributed by atoms with Crippen LogP contribution in [0.15, 0.2) is 23.6 Å². The van der Waals surface area contributed by atoms with Gasteiger partial charge in [0.2, 0.25) is 5.91 Å². The van der Waals surface area contributed by atoms with E-state index in [-0.39, 0.29) is 18.3 Å². The topological polar surface area (TPSA) is 114 Å². The Bertz CT molecular complexity index is 749. The molecular formula is C15H18FN5O2S. The zero-order valence-electron chi connectivity index (χ0n) is 13.1. The van der Waals surface area contributed by atoms with Gasteiger partial charge in [-0.3, -0.25) is 9.80 Å². The van der Waals surface area contributed by atoms with Gasteiger partial charge in [0.25, 0.3) is 0 Å². The molecule has 9 heteroatoms. The van der Waals surface area contributed by atoms with Gasteiger partial charge in [0.05, 0.1) is 12.2 Å². The van der Waals surface area contributed by atoms with Crippen molar-refractivity contribution in [1.82, 2.24) is 9.99 Å². The minimum atomic E-state index is -0.780. The highest BCUT2D eigenvalue weighted by Crippen LogP contribution is 2.18. The Balaban J connectivity index is 1.96. The molecule has 0 fully saturated rings. The molecule has 0 atom stereocenters. The van der Waals surface area contributed by atoms with Gasteiger partial charge >= 0.3 is 6.03 Å². The van der Waals surface area contributed by atoms with E-state index in [1.165, 1.54) is 24.3 Å². The van der Waals surface area contributed by atoms with Crippen LogP contribution < -0.4 is 16.9 Å². The van der Waals surface area contributed by atoms with Crippen LogP contribution in [0, 0.1) is 5.82 Å². The number of nitrogens with one attached hydrogen (secondary N) is 1. The molecule has 2 rings (SSSR count). The Morgan fingerprint density at radius 3 is 2.75 bits per heavy atom. The zero-order valence-corrected chi connectivity index (χ0v) is 13.9. The van der Waals surface area contributed by atoms with Crippen molar-refractivity contribution >= 4 is 28.4 Å². The quantitative estimate of drug-likeness (QED) is 0.418. The number of carbonyl (C=O) groups excluding carboxylic acids is 2. The maximum absolute atomic E-state index is 14.1. The molecule has 3 amide bonds. The smallest absolute Gasteiger partial charge is 0.329 e. The molecule has 0 aliphatic carbocycles. The summed E-state index contributed by atoms with van der Waals surface area (Å²) in [6.45, 7) is 1.46. The number of thiazole rings is 1. The Labute approximate surface area is 142 Å². The van der Waals surface area contributed by atoms with E-state index in [1.807, 2.05) is 5.38 Å². The molecule has 24 heavy (non-hydrogen) atoms. The number of amides is 3. The van der Waals surface area contributed by atoms with Crippen molar-refractivity contribution in [3.05, 3.63) is 46.2 Å². The number of benzene rings is 1. The predicted octanol–water partition coefficient (Wildman–Crippen LogP) is 1.78. The van der Waals surface area contributed by atoms with Crippen LogP contribution in [0.2, 0.25) is 0 Å². The van der Waals surface area contributed by atoms with Crippen molar-refractivity contribution in [1.29, 1.82) is 0 Å². The molecule has 0 saturated carbocycles. The Morgan fingerprint density at radius 1 is 1.38 bits per heavy atom. The van der Waals surface area contributed by atoms with Crippen LogP contribution in [0.25, 0.3) is 0 Å². The molecule has 1 heterocycles. The lowest BCUT2D eigenvalue weighted by Crippen LogP contribution is -2.40. The summed E-state index contributed by atoms with van der Waals surface area (Å²) in [5.74, 6) is 4.86. The molecule has 0 spiro atoms. The molecular weight excluding hydrogens is 333 g/mol. The maximum Gasteiger partial charge on any atom is 0.329 e. The van der Waals surface area contributed by atoms with E-state index in [4.69, 9.17) is 11.6 Å².